The minimum atomic E-state index is -0.571. The molecule has 3 heterocycles. The maximum Gasteiger partial charge on any atom is 0.321 e. The van der Waals surface area contributed by atoms with Crippen molar-refractivity contribution in [3.05, 3.63) is 42.0 Å². The predicted octanol–water partition coefficient (Wildman–Crippen LogP) is 1.05. The van der Waals surface area contributed by atoms with Gasteiger partial charge in [-0.2, -0.15) is 5.10 Å². The molecule has 27 heavy (non-hydrogen) atoms. The third kappa shape index (κ3) is 3.32. The van der Waals surface area contributed by atoms with Crippen molar-refractivity contribution in [2.75, 3.05) is 49.1 Å². The predicted molar refractivity (Wildman–Crippen MR) is 98.5 cm³/mol. The number of carbonyl (C=O) groups excluding carboxylic acids is 2. The number of hydrogen-bond acceptors (Lipinski definition) is 4. The molecule has 2 saturated heterocycles. The lowest BCUT2D eigenvalue weighted by Crippen LogP contribution is -2.49. The van der Waals surface area contributed by atoms with E-state index in [0.29, 0.717) is 45.0 Å². The zero-order valence-corrected chi connectivity index (χ0v) is 15.1. The number of aromatic nitrogens is 2. The van der Waals surface area contributed by atoms with Crippen molar-refractivity contribution >= 4 is 23.3 Å². The number of amides is 3. The lowest BCUT2D eigenvalue weighted by atomic mass is 10.1. The highest BCUT2D eigenvalue weighted by Gasteiger charge is 2.27. The number of aryl methyl sites for hydroxylation is 1. The molecule has 0 bridgehead atoms. The van der Waals surface area contributed by atoms with Gasteiger partial charge in [0.25, 0.3) is 5.91 Å². The molecular weight excluding hydrogens is 351 g/mol. The Bertz CT molecular complexity index is 874. The highest BCUT2D eigenvalue weighted by Crippen LogP contribution is 2.23. The second kappa shape index (κ2) is 6.90. The van der Waals surface area contributed by atoms with Crippen LogP contribution in [0.1, 0.15) is 10.4 Å². The third-order valence-corrected chi connectivity index (χ3v) is 4.97. The van der Waals surface area contributed by atoms with Crippen LogP contribution in [0.4, 0.5) is 20.6 Å². The van der Waals surface area contributed by atoms with Crippen molar-refractivity contribution in [3.63, 3.8) is 0 Å². The Balaban J connectivity index is 1.47. The van der Waals surface area contributed by atoms with Crippen LogP contribution < -0.4 is 15.1 Å². The molecule has 2 aliphatic heterocycles. The molecule has 1 aromatic carbocycles. The first kappa shape index (κ1) is 17.3. The van der Waals surface area contributed by atoms with Gasteiger partial charge in [-0.15, -0.1) is 0 Å². The van der Waals surface area contributed by atoms with Gasteiger partial charge in [0, 0.05) is 58.2 Å². The minimum absolute atomic E-state index is 0.00188. The fourth-order valence-corrected chi connectivity index (χ4v) is 3.47. The van der Waals surface area contributed by atoms with Gasteiger partial charge in [-0.1, -0.05) is 0 Å². The first-order valence-electron chi connectivity index (χ1n) is 8.91. The van der Waals surface area contributed by atoms with Crippen LogP contribution in [0.5, 0.6) is 0 Å². The van der Waals surface area contributed by atoms with Crippen LogP contribution in [0.3, 0.4) is 0 Å². The van der Waals surface area contributed by atoms with Crippen molar-refractivity contribution in [2.45, 2.75) is 0 Å². The van der Waals surface area contributed by atoms with Crippen LogP contribution in [0.25, 0.3) is 0 Å². The molecule has 8 nitrogen and oxygen atoms in total. The molecule has 4 rings (SSSR count). The highest BCUT2D eigenvalue weighted by atomic mass is 19.1. The molecular formula is C18H21FN6O2. The fourth-order valence-electron chi connectivity index (χ4n) is 3.47. The van der Waals surface area contributed by atoms with Crippen LogP contribution >= 0.6 is 0 Å². The number of piperazine rings is 1. The summed E-state index contributed by atoms with van der Waals surface area (Å²) < 4.78 is 16.1. The number of carbonyl (C=O) groups is 2. The van der Waals surface area contributed by atoms with Crippen molar-refractivity contribution in [3.8, 4) is 0 Å². The number of rotatable bonds is 3. The van der Waals surface area contributed by atoms with E-state index in [1.165, 1.54) is 23.1 Å². The summed E-state index contributed by atoms with van der Waals surface area (Å²) in [6.07, 6.45) is 3.73. The smallest absolute Gasteiger partial charge is 0.321 e. The van der Waals surface area contributed by atoms with Crippen molar-refractivity contribution in [2.24, 2.45) is 7.05 Å². The molecule has 1 N–H and O–H groups in total. The van der Waals surface area contributed by atoms with Crippen LogP contribution in [0.2, 0.25) is 0 Å². The first-order chi connectivity index (χ1) is 13.0. The van der Waals surface area contributed by atoms with Crippen LogP contribution in [0, 0.1) is 5.82 Å². The van der Waals surface area contributed by atoms with Gasteiger partial charge in [0.15, 0.2) is 0 Å². The van der Waals surface area contributed by atoms with E-state index >= 15 is 0 Å². The summed E-state index contributed by atoms with van der Waals surface area (Å²) in [5.41, 5.74) is 1.54. The van der Waals surface area contributed by atoms with E-state index in [1.54, 1.807) is 15.8 Å². The van der Waals surface area contributed by atoms with Gasteiger partial charge in [0.1, 0.15) is 5.82 Å². The summed E-state index contributed by atoms with van der Waals surface area (Å²) in [7, 11) is 1.86. The summed E-state index contributed by atoms with van der Waals surface area (Å²) >= 11 is 0. The molecule has 142 valence electrons. The van der Waals surface area contributed by atoms with Crippen LogP contribution in [-0.4, -0.2) is 65.9 Å². The lowest BCUT2D eigenvalue weighted by Gasteiger charge is -2.35. The normalized spacial score (nSPS) is 17.4. The van der Waals surface area contributed by atoms with Crippen molar-refractivity contribution in [1.29, 1.82) is 0 Å². The lowest BCUT2D eigenvalue weighted by molar-refractivity contribution is 0.0742. The maximum absolute atomic E-state index is 14.3. The Morgan fingerprint density at radius 3 is 2.56 bits per heavy atom. The summed E-state index contributed by atoms with van der Waals surface area (Å²) in [4.78, 5) is 30.0. The van der Waals surface area contributed by atoms with E-state index in [2.05, 4.69) is 15.3 Å². The van der Waals surface area contributed by atoms with Gasteiger partial charge in [-0.05, 0) is 18.2 Å². The number of benzene rings is 1. The molecule has 0 atom stereocenters. The zero-order chi connectivity index (χ0) is 19.0. The second-order valence-corrected chi connectivity index (χ2v) is 6.70. The summed E-state index contributed by atoms with van der Waals surface area (Å²) in [5, 5.41) is 6.87. The van der Waals surface area contributed by atoms with E-state index in [-0.39, 0.29) is 17.5 Å². The number of nitrogens with zero attached hydrogens (tertiary/aromatic N) is 5. The number of hydrogen-bond donors (Lipinski definition) is 1. The van der Waals surface area contributed by atoms with Gasteiger partial charge in [-0.3, -0.25) is 14.4 Å². The molecule has 2 aliphatic rings. The van der Waals surface area contributed by atoms with Crippen LogP contribution in [0.15, 0.2) is 30.6 Å². The Labute approximate surface area is 156 Å². The average molecular weight is 372 g/mol. The van der Waals surface area contributed by atoms with Gasteiger partial charge >= 0.3 is 6.03 Å². The van der Waals surface area contributed by atoms with E-state index in [1.807, 2.05) is 13.2 Å². The number of anilines is 2. The average Bonchev–Trinajstić information content (AvgIpc) is 3.30. The second-order valence-electron chi connectivity index (χ2n) is 6.70. The van der Waals surface area contributed by atoms with E-state index in [4.69, 9.17) is 0 Å². The molecule has 2 aromatic rings. The van der Waals surface area contributed by atoms with E-state index in [0.717, 1.165) is 5.69 Å². The molecule has 3 amide bonds. The van der Waals surface area contributed by atoms with Gasteiger partial charge in [0.2, 0.25) is 0 Å². The Morgan fingerprint density at radius 2 is 1.93 bits per heavy atom. The molecule has 0 aliphatic carbocycles. The quantitative estimate of drug-likeness (QED) is 0.874. The van der Waals surface area contributed by atoms with Gasteiger partial charge < -0.3 is 15.1 Å². The highest BCUT2D eigenvalue weighted by molar-refractivity contribution is 5.98. The Morgan fingerprint density at radius 1 is 1.15 bits per heavy atom. The monoisotopic (exact) mass is 372 g/mol. The summed E-state index contributed by atoms with van der Waals surface area (Å²) in [6, 6.07) is 4.01. The van der Waals surface area contributed by atoms with E-state index in [9.17, 15) is 14.0 Å². The number of urea groups is 1. The Hall–Kier alpha value is -3.10. The van der Waals surface area contributed by atoms with Crippen molar-refractivity contribution in [1.82, 2.24) is 20.0 Å². The van der Waals surface area contributed by atoms with Crippen LogP contribution in [-0.2, 0) is 7.05 Å². The third-order valence-electron chi connectivity index (χ3n) is 4.97. The first-order valence-corrected chi connectivity index (χ1v) is 8.91. The van der Waals surface area contributed by atoms with Gasteiger partial charge in [0.05, 0.1) is 17.4 Å². The summed E-state index contributed by atoms with van der Waals surface area (Å²) in [5.74, 6) is -0.919. The topological polar surface area (TPSA) is 73.7 Å². The summed E-state index contributed by atoms with van der Waals surface area (Å²) in [6.45, 7) is 3.36. The standard InChI is InChI=1S/C18H21FN6O2/c1-22-12-14(11-21-22)23-6-8-24(9-7-23)17(26)15-10-13(2-3-16(15)19)25-5-4-20-18(25)27/h2-3,10-12H,4-9H2,1H3,(H,20,27). The molecule has 0 radical (unpaired) electrons. The maximum atomic E-state index is 14.3. The minimum Gasteiger partial charge on any atom is -0.365 e. The number of nitrogens with one attached hydrogen (secondary N) is 1. The molecule has 9 heteroatoms. The van der Waals surface area contributed by atoms with Crippen molar-refractivity contribution < 1.29 is 14.0 Å². The molecule has 0 spiro atoms. The molecule has 2 fully saturated rings. The Kier molecular flexibility index (Phi) is 4.43. The number of halogens is 1. The molecule has 0 unspecified atom stereocenters. The largest absolute Gasteiger partial charge is 0.365 e. The van der Waals surface area contributed by atoms with E-state index < -0.39 is 5.82 Å². The molecule has 0 saturated carbocycles. The fraction of sp³-hybridized carbons (Fsp3) is 0.389. The SMILES string of the molecule is Cn1cc(N2CCN(C(=O)c3cc(N4CCNC4=O)ccc3F)CC2)cn1. The van der Waals surface area contributed by atoms with Gasteiger partial charge in [-0.25, -0.2) is 9.18 Å². The zero-order valence-electron chi connectivity index (χ0n) is 15.1. The molecule has 1 aromatic heterocycles.